The molecule has 0 bridgehead atoms. The van der Waals surface area contributed by atoms with Crippen LogP contribution in [0.5, 0.6) is 0 Å². The minimum absolute atomic E-state index is 0.119. The Bertz CT molecular complexity index is 669. The summed E-state index contributed by atoms with van der Waals surface area (Å²) in [4.78, 5) is 17.6. The monoisotopic (exact) mass is 301 g/mol. The van der Waals surface area contributed by atoms with Gasteiger partial charge in [-0.2, -0.15) is 0 Å². The summed E-state index contributed by atoms with van der Waals surface area (Å²) in [6.45, 7) is 3.06. The molecule has 1 N–H and O–H groups in total. The molecule has 116 valence electrons. The van der Waals surface area contributed by atoms with Gasteiger partial charge in [0, 0.05) is 57.3 Å². The SMILES string of the molecule is Cn1ccnc1C1CNCCN1Cc1ccccc1[N+](=O)[O-]. The van der Waals surface area contributed by atoms with Crippen LogP contribution < -0.4 is 5.32 Å². The van der Waals surface area contributed by atoms with Crippen molar-refractivity contribution >= 4 is 5.69 Å². The van der Waals surface area contributed by atoms with Crippen molar-refractivity contribution < 1.29 is 4.92 Å². The molecule has 0 spiro atoms. The van der Waals surface area contributed by atoms with Crippen LogP contribution in [0, 0.1) is 10.1 Å². The molecule has 0 radical (unpaired) electrons. The molecular formula is C15H19N5O2. The Balaban J connectivity index is 1.86. The van der Waals surface area contributed by atoms with E-state index in [1.54, 1.807) is 18.3 Å². The Morgan fingerprint density at radius 3 is 3.00 bits per heavy atom. The van der Waals surface area contributed by atoms with Gasteiger partial charge in [-0.25, -0.2) is 4.98 Å². The van der Waals surface area contributed by atoms with Crippen LogP contribution in [0.25, 0.3) is 0 Å². The first-order valence-electron chi connectivity index (χ1n) is 7.31. The fourth-order valence-corrected chi connectivity index (χ4v) is 2.93. The fourth-order valence-electron chi connectivity index (χ4n) is 2.93. The van der Waals surface area contributed by atoms with Crippen LogP contribution in [0.1, 0.15) is 17.4 Å². The summed E-state index contributed by atoms with van der Waals surface area (Å²) in [7, 11) is 1.97. The van der Waals surface area contributed by atoms with Gasteiger partial charge < -0.3 is 9.88 Å². The van der Waals surface area contributed by atoms with Gasteiger partial charge in [-0.15, -0.1) is 0 Å². The third kappa shape index (κ3) is 2.86. The van der Waals surface area contributed by atoms with Gasteiger partial charge in [-0.1, -0.05) is 18.2 Å². The number of hydrogen-bond acceptors (Lipinski definition) is 5. The topological polar surface area (TPSA) is 76.2 Å². The highest BCUT2D eigenvalue weighted by atomic mass is 16.6. The molecule has 1 saturated heterocycles. The number of hydrogen-bond donors (Lipinski definition) is 1. The molecule has 0 amide bonds. The molecule has 0 saturated carbocycles. The maximum absolute atomic E-state index is 11.2. The van der Waals surface area contributed by atoms with Crippen molar-refractivity contribution in [2.75, 3.05) is 19.6 Å². The van der Waals surface area contributed by atoms with E-state index in [1.807, 2.05) is 29.9 Å². The van der Waals surface area contributed by atoms with E-state index in [2.05, 4.69) is 15.2 Å². The second kappa shape index (κ2) is 6.25. The van der Waals surface area contributed by atoms with Gasteiger partial charge in [-0.3, -0.25) is 15.0 Å². The second-order valence-electron chi connectivity index (χ2n) is 5.47. The number of benzene rings is 1. The minimum Gasteiger partial charge on any atom is -0.337 e. The molecule has 2 heterocycles. The number of para-hydroxylation sites is 1. The molecule has 1 aliphatic rings. The average Bonchev–Trinajstić information content (AvgIpc) is 2.94. The highest BCUT2D eigenvalue weighted by Crippen LogP contribution is 2.26. The molecule has 7 heteroatoms. The molecule has 1 unspecified atom stereocenters. The van der Waals surface area contributed by atoms with Crippen molar-refractivity contribution in [1.82, 2.24) is 19.8 Å². The lowest BCUT2D eigenvalue weighted by atomic mass is 10.1. The van der Waals surface area contributed by atoms with Gasteiger partial charge >= 0.3 is 0 Å². The zero-order valence-electron chi connectivity index (χ0n) is 12.5. The van der Waals surface area contributed by atoms with Crippen LogP contribution in [0.15, 0.2) is 36.7 Å². The van der Waals surface area contributed by atoms with E-state index >= 15 is 0 Å². The molecule has 7 nitrogen and oxygen atoms in total. The first-order valence-corrected chi connectivity index (χ1v) is 7.31. The van der Waals surface area contributed by atoms with E-state index in [4.69, 9.17) is 0 Å². The Morgan fingerprint density at radius 1 is 1.45 bits per heavy atom. The molecule has 3 rings (SSSR count). The molecule has 1 aromatic carbocycles. The number of rotatable bonds is 4. The number of nitrogens with zero attached hydrogens (tertiary/aromatic N) is 4. The third-order valence-electron chi connectivity index (χ3n) is 4.07. The van der Waals surface area contributed by atoms with Crippen molar-refractivity contribution in [3.05, 3.63) is 58.2 Å². The number of nitrogens with one attached hydrogen (secondary N) is 1. The molecule has 0 aliphatic carbocycles. The summed E-state index contributed by atoms with van der Waals surface area (Å²) in [5.41, 5.74) is 0.924. The van der Waals surface area contributed by atoms with Crippen molar-refractivity contribution in [3.8, 4) is 0 Å². The maximum atomic E-state index is 11.2. The van der Waals surface area contributed by atoms with Crippen molar-refractivity contribution in [2.24, 2.45) is 7.05 Å². The Kier molecular flexibility index (Phi) is 4.17. The second-order valence-corrected chi connectivity index (χ2v) is 5.47. The van der Waals surface area contributed by atoms with E-state index in [-0.39, 0.29) is 16.7 Å². The standard InChI is InChI=1S/C15H19N5O2/c1-18-8-7-17-15(18)14-10-16-6-9-19(14)11-12-4-2-3-5-13(12)20(21)22/h2-5,7-8,14,16H,6,9-11H2,1H3. The lowest BCUT2D eigenvalue weighted by Gasteiger charge is -2.35. The lowest BCUT2D eigenvalue weighted by molar-refractivity contribution is -0.385. The Labute approximate surface area is 128 Å². The van der Waals surface area contributed by atoms with E-state index < -0.39 is 0 Å². The smallest absolute Gasteiger partial charge is 0.273 e. The van der Waals surface area contributed by atoms with Gasteiger partial charge in [0.2, 0.25) is 0 Å². The first-order chi connectivity index (χ1) is 10.7. The molecule has 1 fully saturated rings. The maximum Gasteiger partial charge on any atom is 0.273 e. The van der Waals surface area contributed by atoms with Gasteiger partial charge in [0.25, 0.3) is 5.69 Å². The highest BCUT2D eigenvalue weighted by molar-refractivity contribution is 5.39. The van der Waals surface area contributed by atoms with E-state index in [0.717, 1.165) is 31.0 Å². The zero-order valence-corrected chi connectivity index (χ0v) is 12.5. The summed E-state index contributed by atoms with van der Waals surface area (Å²) >= 11 is 0. The molecule has 22 heavy (non-hydrogen) atoms. The molecular weight excluding hydrogens is 282 g/mol. The van der Waals surface area contributed by atoms with Crippen LogP contribution in [0.2, 0.25) is 0 Å². The Hall–Kier alpha value is -2.25. The molecule has 1 aliphatic heterocycles. The van der Waals surface area contributed by atoms with Crippen LogP contribution >= 0.6 is 0 Å². The van der Waals surface area contributed by atoms with Gasteiger partial charge in [0.05, 0.1) is 11.0 Å². The lowest BCUT2D eigenvalue weighted by Crippen LogP contribution is -2.46. The number of piperazine rings is 1. The van der Waals surface area contributed by atoms with E-state index in [1.165, 1.54) is 0 Å². The number of imidazole rings is 1. The van der Waals surface area contributed by atoms with Gasteiger partial charge in [0.15, 0.2) is 0 Å². The normalized spacial score (nSPS) is 19.2. The number of nitro groups is 1. The molecule has 1 aromatic heterocycles. The summed E-state index contributed by atoms with van der Waals surface area (Å²) in [5.74, 6) is 0.978. The van der Waals surface area contributed by atoms with Crippen molar-refractivity contribution in [2.45, 2.75) is 12.6 Å². The van der Waals surface area contributed by atoms with Crippen molar-refractivity contribution in [1.29, 1.82) is 0 Å². The van der Waals surface area contributed by atoms with E-state index in [0.29, 0.717) is 6.54 Å². The highest BCUT2D eigenvalue weighted by Gasteiger charge is 2.28. The number of nitro benzene ring substituents is 1. The van der Waals surface area contributed by atoms with E-state index in [9.17, 15) is 10.1 Å². The van der Waals surface area contributed by atoms with Crippen LogP contribution in [0.3, 0.4) is 0 Å². The average molecular weight is 301 g/mol. The zero-order chi connectivity index (χ0) is 15.5. The number of aryl methyl sites for hydroxylation is 1. The third-order valence-corrected chi connectivity index (χ3v) is 4.07. The fraction of sp³-hybridized carbons (Fsp3) is 0.400. The number of aromatic nitrogens is 2. The van der Waals surface area contributed by atoms with Crippen molar-refractivity contribution in [3.63, 3.8) is 0 Å². The summed E-state index contributed by atoms with van der Waals surface area (Å²) in [6, 6.07) is 7.06. The summed E-state index contributed by atoms with van der Waals surface area (Å²) in [6.07, 6.45) is 3.71. The summed E-state index contributed by atoms with van der Waals surface area (Å²) < 4.78 is 2.00. The van der Waals surface area contributed by atoms with Crippen LogP contribution in [0.4, 0.5) is 5.69 Å². The first kappa shape index (κ1) is 14.7. The quantitative estimate of drug-likeness (QED) is 0.683. The summed E-state index contributed by atoms with van der Waals surface area (Å²) in [5, 5.41) is 14.6. The predicted molar refractivity (Wildman–Crippen MR) is 82.3 cm³/mol. The molecule has 2 aromatic rings. The Morgan fingerprint density at radius 2 is 2.27 bits per heavy atom. The largest absolute Gasteiger partial charge is 0.337 e. The van der Waals surface area contributed by atoms with Gasteiger partial charge in [-0.05, 0) is 0 Å². The van der Waals surface area contributed by atoms with Crippen LogP contribution in [-0.4, -0.2) is 39.0 Å². The predicted octanol–water partition coefficient (Wildman–Crippen LogP) is 1.47. The molecule has 1 atom stereocenters. The minimum atomic E-state index is -0.312. The van der Waals surface area contributed by atoms with Crippen LogP contribution in [-0.2, 0) is 13.6 Å². The van der Waals surface area contributed by atoms with Gasteiger partial charge in [0.1, 0.15) is 5.82 Å².